The van der Waals surface area contributed by atoms with Gasteiger partial charge in [0.2, 0.25) is 0 Å². The van der Waals surface area contributed by atoms with Crippen molar-refractivity contribution in [2.45, 2.75) is 328 Å². The van der Waals surface area contributed by atoms with E-state index in [1.54, 1.807) is 0 Å². The van der Waals surface area contributed by atoms with Crippen molar-refractivity contribution in [1.82, 2.24) is 0 Å². The van der Waals surface area contributed by atoms with Crippen molar-refractivity contribution < 1.29 is 42.1 Å². The van der Waals surface area contributed by atoms with Crippen molar-refractivity contribution in [2.24, 2.45) is 0 Å². The molecule has 0 aliphatic carbocycles. The van der Waals surface area contributed by atoms with Crippen LogP contribution in [0.4, 0.5) is 0 Å². The van der Waals surface area contributed by atoms with E-state index in [-0.39, 0.29) is 26.1 Å². The van der Waals surface area contributed by atoms with Crippen LogP contribution in [0.15, 0.2) is 97.2 Å². The predicted octanol–water partition coefficient (Wildman–Crippen LogP) is 22.9. The first kappa shape index (κ1) is 82.9. The smallest absolute Gasteiger partial charge is 0.306 e. The number of likely N-dealkylation sites (N-methyl/N-ethyl adjacent to an activating group) is 1. The Balaban J connectivity index is 3.94. The Labute approximate surface area is 532 Å². The average Bonchev–Trinajstić information content (AvgIpc) is 3.70. The molecule has 0 aromatic heterocycles. The molecule has 0 N–H and O–H groups in total. The Bertz CT molecular complexity index is 1770. The number of nitrogens with zero attached hydrogens (tertiary/aromatic N) is 1. The van der Waals surface area contributed by atoms with Crippen LogP contribution in [-0.2, 0) is 32.7 Å². The van der Waals surface area contributed by atoms with Gasteiger partial charge < -0.3 is 27.9 Å². The van der Waals surface area contributed by atoms with Crippen LogP contribution in [0.1, 0.15) is 322 Å². The third kappa shape index (κ3) is 70.0. The third-order valence-corrected chi connectivity index (χ3v) is 16.6. The molecule has 0 radical (unpaired) electrons. The molecule has 498 valence electrons. The second-order valence-corrected chi connectivity index (χ2v) is 26.6. The predicted molar refractivity (Wildman–Crippen MR) is 369 cm³/mol. The summed E-state index contributed by atoms with van der Waals surface area (Å²) in [6.07, 6.45) is 92.2. The van der Waals surface area contributed by atoms with Gasteiger partial charge in [-0.2, -0.15) is 0 Å². The minimum atomic E-state index is -4.65. The van der Waals surface area contributed by atoms with Crippen molar-refractivity contribution in [3.63, 3.8) is 0 Å². The molecule has 0 saturated heterocycles. The fourth-order valence-electron chi connectivity index (χ4n) is 10.1. The van der Waals surface area contributed by atoms with Crippen molar-refractivity contribution in [2.75, 3.05) is 47.5 Å². The van der Waals surface area contributed by atoms with Crippen LogP contribution in [0.25, 0.3) is 0 Å². The zero-order chi connectivity index (χ0) is 62.6. The number of hydrogen-bond acceptors (Lipinski definition) is 8. The molecule has 0 rings (SSSR count). The van der Waals surface area contributed by atoms with Gasteiger partial charge in [0.25, 0.3) is 7.82 Å². The second-order valence-electron chi connectivity index (χ2n) is 25.2. The number of allylic oxidation sites excluding steroid dienone is 16. The van der Waals surface area contributed by atoms with Gasteiger partial charge in [-0.1, -0.05) is 310 Å². The monoisotopic (exact) mass is 1220 g/mol. The van der Waals surface area contributed by atoms with Crippen LogP contribution in [0.3, 0.4) is 0 Å². The van der Waals surface area contributed by atoms with E-state index in [1.807, 2.05) is 21.1 Å². The molecule has 10 heteroatoms. The number of phosphoric ester groups is 1. The van der Waals surface area contributed by atoms with E-state index in [9.17, 15) is 19.0 Å². The van der Waals surface area contributed by atoms with Crippen LogP contribution in [0.5, 0.6) is 0 Å². The van der Waals surface area contributed by atoms with Crippen LogP contribution < -0.4 is 4.89 Å². The summed E-state index contributed by atoms with van der Waals surface area (Å²) in [5.74, 6) is -0.838. The van der Waals surface area contributed by atoms with E-state index >= 15 is 0 Å². The molecule has 9 nitrogen and oxygen atoms in total. The summed E-state index contributed by atoms with van der Waals surface area (Å²) in [4.78, 5) is 38.0. The van der Waals surface area contributed by atoms with Gasteiger partial charge in [-0.05, 0) is 96.3 Å². The molecule has 2 unspecified atom stereocenters. The molecule has 0 heterocycles. The van der Waals surface area contributed by atoms with Gasteiger partial charge >= 0.3 is 11.9 Å². The number of quaternary nitrogens is 1. The van der Waals surface area contributed by atoms with Gasteiger partial charge in [-0.15, -0.1) is 0 Å². The lowest BCUT2D eigenvalue weighted by Gasteiger charge is -2.28. The van der Waals surface area contributed by atoms with Gasteiger partial charge in [0, 0.05) is 12.8 Å². The molecule has 0 amide bonds. The van der Waals surface area contributed by atoms with Crippen LogP contribution in [-0.4, -0.2) is 70.0 Å². The zero-order valence-electron chi connectivity index (χ0n) is 56.7. The van der Waals surface area contributed by atoms with Crippen LogP contribution in [0.2, 0.25) is 0 Å². The lowest BCUT2D eigenvalue weighted by Crippen LogP contribution is -2.37. The summed E-state index contributed by atoms with van der Waals surface area (Å²) in [6, 6.07) is 0. The maximum Gasteiger partial charge on any atom is 0.306 e. The molecule has 0 saturated carbocycles. The van der Waals surface area contributed by atoms with Crippen molar-refractivity contribution in [1.29, 1.82) is 0 Å². The molecular formula is C76H136NO8P. The molecular weight excluding hydrogens is 1090 g/mol. The Morgan fingerprint density at radius 1 is 0.372 bits per heavy atom. The molecule has 0 aromatic rings. The SMILES string of the molecule is CC/C=C\C/C=C\C/C=C\C/C=C\C/C=C\CCCCCCCCCCCCCCCCCCCCCCCCCCCC(=O)OC(COC(=O)CCCCCCCC/C=C\C/C=C\C/C=C\CCCCCCC)COP(=O)([O-])OCC[N+](C)(C)C. The van der Waals surface area contributed by atoms with Crippen molar-refractivity contribution in [3.8, 4) is 0 Å². The maximum atomic E-state index is 12.9. The number of ether oxygens (including phenoxy) is 2. The van der Waals surface area contributed by atoms with E-state index in [0.717, 1.165) is 89.9 Å². The maximum absolute atomic E-state index is 12.9. The number of phosphoric acid groups is 1. The van der Waals surface area contributed by atoms with Gasteiger partial charge in [0.15, 0.2) is 6.10 Å². The molecule has 0 fully saturated rings. The van der Waals surface area contributed by atoms with Gasteiger partial charge in [-0.3, -0.25) is 14.2 Å². The highest BCUT2D eigenvalue weighted by atomic mass is 31.2. The van der Waals surface area contributed by atoms with Gasteiger partial charge in [-0.25, -0.2) is 0 Å². The van der Waals surface area contributed by atoms with E-state index < -0.39 is 32.5 Å². The van der Waals surface area contributed by atoms with E-state index in [0.29, 0.717) is 23.9 Å². The molecule has 2 atom stereocenters. The Morgan fingerprint density at radius 2 is 0.663 bits per heavy atom. The first-order chi connectivity index (χ1) is 42.0. The number of rotatable bonds is 66. The fourth-order valence-corrected chi connectivity index (χ4v) is 10.8. The Hall–Kier alpha value is -3.07. The van der Waals surface area contributed by atoms with Gasteiger partial charge in [0.05, 0.1) is 27.7 Å². The molecule has 0 bridgehead atoms. The molecule has 0 aliphatic heterocycles. The number of unbranched alkanes of at least 4 members (excludes halogenated alkanes) is 36. The van der Waals surface area contributed by atoms with Crippen molar-refractivity contribution >= 4 is 19.8 Å². The quantitative estimate of drug-likeness (QED) is 0.0195. The van der Waals surface area contributed by atoms with Gasteiger partial charge in [0.1, 0.15) is 19.8 Å². The Kier molecular flexibility index (Phi) is 64.0. The Morgan fingerprint density at radius 3 is 0.988 bits per heavy atom. The highest BCUT2D eigenvalue weighted by molar-refractivity contribution is 7.45. The average molecular weight is 1220 g/mol. The fraction of sp³-hybridized carbons (Fsp3) is 0.763. The summed E-state index contributed by atoms with van der Waals surface area (Å²) in [5, 5.41) is 0. The molecule has 0 spiro atoms. The molecule has 0 aliphatic rings. The third-order valence-electron chi connectivity index (χ3n) is 15.6. The zero-order valence-corrected chi connectivity index (χ0v) is 57.6. The largest absolute Gasteiger partial charge is 0.756 e. The second kappa shape index (κ2) is 66.4. The van der Waals surface area contributed by atoms with E-state index in [4.69, 9.17) is 18.5 Å². The van der Waals surface area contributed by atoms with Crippen molar-refractivity contribution in [3.05, 3.63) is 97.2 Å². The lowest BCUT2D eigenvalue weighted by molar-refractivity contribution is -0.870. The first-order valence-electron chi connectivity index (χ1n) is 35.9. The number of carbonyl (C=O) groups excluding carboxylic acids is 2. The van der Waals surface area contributed by atoms with Crippen LogP contribution in [0, 0.1) is 0 Å². The number of esters is 2. The number of carbonyl (C=O) groups is 2. The van der Waals surface area contributed by atoms with E-state index in [2.05, 4.69) is 111 Å². The summed E-state index contributed by atoms with van der Waals surface area (Å²) in [5.41, 5.74) is 0. The lowest BCUT2D eigenvalue weighted by atomic mass is 10.0. The summed E-state index contributed by atoms with van der Waals surface area (Å²) in [7, 11) is 1.16. The number of hydrogen-bond donors (Lipinski definition) is 0. The minimum absolute atomic E-state index is 0.0344. The minimum Gasteiger partial charge on any atom is -0.756 e. The topological polar surface area (TPSA) is 111 Å². The highest BCUT2D eigenvalue weighted by Gasteiger charge is 2.22. The normalized spacial score (nSPS) is 13.7. The summed E-state index contributed by atoms with van der Waals surface area (Å²) >= 11 is 0. The summed E-state index contributed by atoms with van der Waals surface area (Å²) in [6.45, 7) is 4.13. The molecule has 0 aromatic carbocycles. The van der Waals surface area contributed by atoms with Crippen LogP contribution >= 0.6 is 7.82 Å². The van der Waals surface area contributed by atoms with E-state index in [1.165, 1.54) is 193 Å². The standard InChI is InChI=1S/C76H136NO8P/c1-6-8-10-12-14-16-18-20-22-24-26-28-29-30-31-32-33-34-35-36-37-38-39-40-41-42-43-44-45-46-47-49-51-53-55-57-59-61-63-65-67-69-76(79)85-74(73-84-86(80,81)83-71-70-77(3,4)5)72-82-75(78)68-66-64-62-60-58-56-54-52-50-48-27-25-23-21-19-17-15-13-11-9-7-2/h8,10,14,16,19-22,25-28,30-31,50,52,74H,6-7,9,11-13,15,17-18,23-24,29,32-49,51,53-73H2,1-5H3/b10-8-,16-14-,21-19-,22-20-,27-25-,28-26-,31-30-,52-50-. The summed E-state index contributed by atoms with van der Waals surface area (Å²) < 4.78 is 34.3. The first-order valence-corrected chi connectivity index (χ1v) is 37.4. The molecule has 86 heavy (non-hydrogen) atoms. The highest BCUT2D eigenvalue weighted by Crippen LogP contribution is 2.38.